The number of rotatable bonds is 10. The molecule has 0 saturated heterocycles. The van der Waals surface area contributed by atoms with Crippen LogP contribution in [0.3, 0.4) is 0 Å². The molecule has 1 aromatic rings. The fourth-order valence-electron chi connectivity index (χ4n) is 1.92. The van der Waals surface area contributed by atoms with E-state index in [0.717, 1.165) is 44.7 Å². The lowest BCUT2D eigenvalue weighted by molar-refractivity contribution is 0.670. The first kappa shape index (κ1) is 17.0. The minimum Gasteiger partial charge on any atom is -0.355 e. The topological polar surface area (TPSA) is 41.1 Å². The lowest BCUT2D eigenvalue weighted by atomic mass is 10.2. The number of aromatic nitrogens is 2. The third-order valence-electron chi connectivity index (χ3n) is 3.12. The molecule has 0 atom stereocenters. The SMILES string of the molecule is CCCCN(CCCC)c1nc(NCCC)ncc1Cl. The monoisotopic (exact) mass is 298 g/mol. The summed E-state index contributed by atoms with van der Waals surface area (Å²) >= 11 is 6.29. The average molecular weight is 299 g/mol. The summed E-state index contributed by atoms with van der Waals surface area (Å²) in [6.07, 6.45) is 7.41. The molecule has 0 saturated carbocycles. The number of hydrogen-bond donors (Lipinski definition) is 1. The van der Waals surface area contributed by atoms with Gasteiger partial charge in [-0.3, -0.25) is 0 Å². The first-order valence-corrected chi connectivity index (χ1v) is 8.12. The fraction of sp³-hybridized carbons (Fsp3) is 0.733. The van der Waals surface area contributed by atoms with Gasteiger partial charge in [-0.2, -0.15) is 4.98 Å². The molecule has 0 aliphatic heterocycles. The Morgan fingerprint density at radius 2 is 1.75 bits per heavy atom. The Morgan fingerprint density at radius 3 is 2.30 bits per heavy atom. The molecule has 20 heavy (non-hydrogen) atoms. The summed E-state index contributed by atoms with van der Waals surface area (Å²) in [5, 5.41) is 3.86. The number of halogens is 1. The van der Waals surface area contributed by atoms with E-state index in [0.29, 0.717) is 11.0 Å². The van der Waals surface area contributed by atoms with Gasteiger partial charge in [0.05, 0.1) is 6.20 Å². The zero-order valence-corrected chi connectivity index (χ0v) is 13.7. The Hall–Kier alpha value is -1.03. The number of anilines is 2. The molecule has 0 aromatic carbocycles. The van der Waals surface area contributed by atoms with Gasteiger partial charge in [0.15, 0.2) is 5.82 Å². The Bertz CT molecular complexity index is 376. The lowest BCUT2D eigenvalue weighted by Gasteiger charge is -2.24. The van der Waals surface area contributed by atoms with Crippen molar-refractivity contribution in [2.24, 2.45) is 0 Å². The maximum Gasteiger partial charge on any atom is 0.224 e. The second kappa shape index (κ2) is 9.81. The maximum absolute atomic E-state index is 6.29. The first-order chi connectivity index (χ1) is 9.72. The normalized spacial score (nSPS) is 10.6. The van der Waals surface area contributed by atoms with Gasteiger partial charge in [0.2, 0.25) is 5.95 Å². The van der Waals surface area contributed by atoms with Crippen LogP contribution in [0.1, 0.15) is 52.9 Å². The number of nitrogens with one attached hydrogen (secondary N) is 1. The molecular weight excluding hydrogens is 272 g/mol. The van der Waals surface area contributed by atoms with Gasteiger partial charge in [-0.1, -0.05) is 45.2 Å². The summed E-state index contributed by atoms with van der Waals surface area (Å²) in [6, 6.07) is 0. The van der Waals surface area contributed by atoms with Crippen molar-refractivity contribution < 1.29 is 0 Å². The van der Waals surface area contributed by atoms with E-state index in [1.165, 1.54) is 12.8 Å². The zero-order chi connectivity index (χ0) is 14.8. The van der Waals surface area contributed by atoms with Crippen LogP contribution in [0.5, 0.6) is 0 Å². The van der Waals surface area contributed by atoms with E-state index in [4.69, 9.17) is 11.6 Å². The summed E-state index contributed by atoms with van der Waals surface area (Å²) in [6.45, 7) is 9.41. The lowest BCUT2D eigenvalue weighted by Crippen LogP contribution is -2.27. The molecule has 4 nitrogen and oxygen atoms in total. The van der Waals surface area contributed by atoms with Crippen LogP contribution in [0.4, 0.5) is 11.8 Å². The zero-order valence-electron chi connectivity index (χ0n) is 13.0. The Morgan fingerprint density at radius 1 is 1.10 bits per heavy atom. The van der Waals surface area contributed by atoms with E-state index in [1.54, 1.807) is 6.20 Å². The summed E-state index contributed by atoms with van der Waals surface area (Å²) in [5.41, 5.74) is 0. The molecule has 0 aliphatic rings. The molecule has 114 valence electrons. The van der Waals surface area contributed by atoms with Crippen molar-refractivity contribution in [3.05, 3.63) is 11.2 Å². The van der Waals surface area contributed by atoms with Crippen LogP contribution in [0.2, 0.25) is 5.02 Å². The van der Waals surface area contributed by atoms with E-state index in [9.17, 15) is 0 Å². The van der Waals surface area contributed by atoms with Crippen molar-refractivity contribution in [3.8, 4) is 0 Å². The van der Waals surface area contributed by atoms with E-state index < -0.39 is 0 Å². The highest BCUT2D eigenvalue weighted by Gasteiger charge is 2.13. The number of unbranched alkanes of at least 4 members (excludes halogenated alkanes) is 2. The van der Waals surface area contributed by atoms with Gasteiger partial charge in [0.1, 0.15) is 5.02 Å². The summed E-state index contributed by atoms with van der Waals surface area (Å²) in [7, 11) is 0. The molecule has 1 aromatic heterocycles. The number of hydrogen-bond acceptors (Lipinski definition) is 4. The second-order valence-corrected chi connectivity index (χ2v) is 5.39. The number of nitrogens with zero attached hydrogens (tertiary/aromatic N) is 3. The highest BCUT2D eigenvalue weighted by Crippen LogP contribution is 2.24. The van der Waals surface area contributed by atoms with Gasteiger partial charge in [0, 0.05) is 19.6 Å². The fourth-order valence-corrected chi connectivity index (χ4v) is 2.13. The van der Waals surface area contributed by atoms with Crippen molar-refractivity contribution in [3.63, 3.8) is 0 Å². The van der Waals surface area contributed by atoms with Crippen molar-refractivity contribution in [2.75, 3.05) is 29.9 Å². The van der Waals surface area contributed by atoms with Gasteiger partial charge < -0.3 is 10.2 Å². The van der Waals surface area contributed by atoms with Gasteiger partial charge >= 0.3 is 0 Å². The van der Waals surface area contributed by atoms with Crippen molar-refractivity contribution in [1.82, 2.24) is 9.97 Å². The molecule has 0 radical (unpaired) electrons. The predicted molar refractivity (Wildman–Crippen MR) is 87.9 cm³/mol. The van der Waals surface area contributed by atoms with Gasteiger partial charge in [0.25, 0.3) is 0 Å². The van der Waals surface area contributed by atoms with E-state index in [-0.39, 0.29) is 0 Å². The molecule has 0 aliphatic carbocycles. The van der Waals surface area contributed by atoms with Gasteiger partial charge in [-0.15, -0.1) is 0 Å². The van der Waals surface area contributed by atoms with Gasteiger partial charge in [-0.05, 0) is 19.3 Å². The third-order valence-corrected chi connectivity index (χ3v) is 3.39. The molecule has 0 fully saturated rings. The van der Waals surface area contributed by atoms with Crippen LogP contribution in [0, 0.1) is 0 Å². The standard InChI is InChI=1S/C15H27ClN4/c1-4-7-10-20(11-8-5-2)14-13(16)12-18-15(19-14)17-9-6-3/h12H,4-11H2,1-3H3,(H,17,18,19). The first-order valence-electron chi connectivity index (χ1n) is 7.74. The highest BCUT2D eigenvalue weighted by molar-refractivity contribution is 6.32. The van der Waals surface area contributed by atoms with Crippen molar-refractivity contribution >= 4 is 23.4 Å². The Balaban J connectivity index is 2.85. The quantitative estimate of drug-likeness (QED) is 0.697. The van der Waals surface area contributed by atoms with E-state index in [1.807, 2.05) is 0 Å². The van der Waals surface area contributed by atoms with Crippen LogP contribution >= 0.6 is 11.6 Å². The molecule has 5 heteroatoms. The van der Waals surface area contributed by atoms with Crippen LogP contribution in [-0.4, -0.2) is 29.6 Å². The predicted octanol–water partition coefficient (Wildman–Crippen LogP) is 4.36. The molecular formula is C15H27ClN4. The summed E-state index contributed by atoms with van der Waals surface area (Å²) < 4.78 is 0. The summed E-state index contributed by atoms with van der Waals surface area (Å²) in [4.78, 5) is 11.1. The minimum absolute atomic E-state index is 0.638. The van der Waals surface area contributed by atoms with Crippen molar-refractivity contribution in [1.29, 1.82) is 0 Å². The average Bonchev–Trinajstić information content (AvgIpc) is 2.47. The molecule has 0 bridgehead atoms. The van der Waals surface area contributed by atoms with Crippen LogP contribution in [0.25, 0.3) is 0 Å². The van der Waals surface area contributed by atoms with Crippen LogP contribution in [0.15, 0.2) is 6.20 Å². The third kappa shape index (κ3) is 5.53. The molecule has 0 amide bonds. The Labute approximate surface area is 127 Å². The second-order valence-electron chi connectivity index (χ2n) is 4.99. The smallest absolute Gasteiger partial charge is 0.224 e. The maximum atomic E-state index is 6.29. The highest BCUT2D eigenvalue weighted by atomic mass is 35.5. The van der Waals surface area contributed by atoms with Crippen molar-refractivity contribution in [2.45, 2.75) is 52.9 Å². The largest absolute Gasteiger partial charge is 0.355 e. The Kier molecular flexibility index (Phi) is 8.35. The molecule has 0 spiro atoms. The molecule has 1 rings (SSSR count). The van der Waals surface area contributed by atoms with E-state index in [2.05, 4.69) is 41.0 Å². The summed E-state index contributed by atoms with van der Waals surface area (Å²) in [5.74, 6) is 1.53. The molecule has 1 N–H and O–H groups in total. The van der Waals surface area contributed by atoms with Crippen LogP contribution < -0.4 is 10.2 Å². The van der Waals surface area contributed by atoms with E-state index >= 15 is 0 Å². The minimum atomic E-state index is 0.638. The van der Waals surface area contributed by atoms with Crippen LogP contribution in [-0.2, 0) is 0 Å². The molecule has 0 unspecified atom stereocenters. The molecule has 1 heterocycles. The van der Waals surface area contributed by atoms with Gasteiger partial charge in [-0.25, -0.2) is 4.98 Å².